The van der Waals surface area contributed by atoms with Crippen LogP contribution in [0.3, 0.4) is 0 Å². The first-order valence-corrected chi connectivity index (χ1v) is 8.47. The van der Waals surface area contributed by atoms with Gasteiger partial charge >= 0.3 is 0 Å². The summed E-state index contributed by atoms with van der Waals surface area (Å²) in [6.07, 6.45) is 8.16. The molecule has 1 saturated carbocycles. The molecule has 1 N–H and O–H groups in total. The number of hydrogen-bond acceptors (Lipinski definition) is 3. The van der Waals surface area contributed by atoms with Crippen LogP contribution in [-0.2, 0) is 6.54 Å². The number of nitrogens with one attached hydrogen (secondary N) is 1. The fraction of sp³-hybridized carbons (Fsp3) is 0.667. The van der Waals surface area contributed by atoms with Crippen molar-refractivity contribution in [2.75, 3.05) is 13.2 Å². The molecule has 1 fully saturated rings. The minimum Gasteiger partial charge on any atom is -0.486 e. The third-order valence-electron chi connectivity index (χ3n) is 4.87. The number of hydrogen-bond donors (Lipinski definition) is 1. The lowest BCUT2D eigenvalue weighted by atomic mass is 9.98. The number of fused-ring (bicyclic) bond motifs is 1. The molecule has 2 aliphatic rings. The molecule has 3 heteroatoms. The molecule has 2 atom stereocenters. The van der Waals surface area contributed by atoms with Crippen LogP contribution in [0.2, 0.25) is 0 Å². The summed E-state index contributed by atoms with van der Waals surface area (Å²) in [5.74, 6) is 2.73. The highest BCUT2D eigenvalue weighted by Gasteiger charge is 2.18. The van der Waals surface area contributed by atoms with Crippen LogP contribution < -0.4 is 14.8 Å². The van der Waals surface area contributed by atoms with Crippen LogP contribution in [-0.4, -0.2) is 19.3 Å². The van der Waals surface area contributed by atoms with Crippen molar-refractivity contribution in [3.63, 3.8) is 0 Å². The maximum Gasteiger partial charge on any atom is 0.161 e. The first-order chi connectivity index (χ1) is 10.3. The van der Waals surface area contributed by atoms with Crippen LogP contribution in [0.5, 0.6) is 11.5 Å². The third-order valence-corrected chi connectivity index (χ3v) is 4.87. The van der Waals surface area contributed by atoms with E-state index in [-0.39, 0.29) is 0 Å². The van der Waals surface area contributed by atoms with Gasteiger partial charge in [-0.15, -0.1) is 0 Å². The Morgan fingerprint density at radius 2 is 1.90 bits per heavy atom. The Bertz CT molecular complexity index is 461. The van der Waals surface area contributed by atoms with E-state index >= 15 is 0 Å². The standard InChI is InChI=1S/C18H27NO2/c1-2-14-4-3-5-16(8-6-14)19-13-15-7-9-17-18(12-15)21-11-10-20-17/h7,9,12,14,16,19H,2-6,8,10-11,13H2,1H3. The van der Waals surface area contributed by atoms with E-state index in [1.165, 1.54) is 44.1 Å². The number of benzene rings is 1. The molecule has 0 bridgehead atoms. The second-order valence-electron chi connectivity index (χ2n) is 6.34. The fourth-order valence-electron chi connectivity index (χ4n) is 3.45. The number of ether oxygens (including phenoxy) is 2. The van der Waals surface area contributed by atoms with Crippen LogP contribution >= 0.6 is 0 Å². The largest absolute Gasteiger partial charge is 0.486 e. The predicted molar refractivity (Wildman–Crippen MR) is 84.9 cm³/mol. The summed E-state index contributed by atoms with van der Waals surface area (Å²) in [6, 6.07) is 6.97. The predicted octanol–water partition coefficient (Wildman–Crippen LogP) is 3.91. The highest BCUT2D eigenvalue weighted by atomic mass is 16.6. The Morgan fingerprint density at radius 1 is 1.05 bits per heavy atom. The van der Waals surface area contributed by atoms with Crippen molar-refractivity contribution in [3.05, 3.63) is 23.8 Å². The van der Waals surface area contributed by atoms with Gasteiger partial charge in [0.1, 0.15) is 13.2 Å². The molecule has 0 aromatic heterocycles. The summed E-state index contributed by atoms with van der Waals surface area (Å²) in [5, 5.41) is 3.73. The normalized spacial score (nSPS) is 25.4. The van der Waals surface area contributed by atoms with Gasteiger partial charge in [-0.2, -0.15) is 0 Å². The van der Waals surface area contributed by atoms with E-state index in [0.717, 1.165) is 24.0 Å². The summed E-state index contributed by atoms with van der Waals surface area (Å²) in [6.45, 7) is 4.57. The maximum atomic E-state index is 5.65. The molecule has 0 spiro atoms. The zero-order chi connectivity index (χ0) is 14.5. The molecule has 3 nitrogen and oxygen atoms in total. The van der Waals surface area contributed by atoms with E-state index in [9.17, 15) is 0 Å². The molecule has 1 aliphatic carbocycles. The highest BCUT2D eigenvalue weighted by Crippen LogP contribution is 2.31. The van der Waals surface area contributed by atoms with Crippen LogP contribution in [0, 0.1) is 5.92 Å². The maximum absolute atomic E-state index is 5.65. The average molecular weight is 289 g/mol. The summed E-state index contributed by atoms with van der Waals surface area (Å²) < 4.78 is 11.2. The van der Waals surface area contributed by atoms with Gasteiger partial charge < -0.3 is 14.8 Å². The number of rotatable bonds is 4. The van der Waals surface area contributed by atoms with Crippen LogP contribution in [0.1, 0.15) is 51.0 Å². The molecule has 0 saturated heterocycles. The van der Waals surface area contributed by atoms with Gasteiger partial charge in [0.25, 0.3) is 0 Å². The molecular formula is C18H27NO2. The lowest BCUT2D eigenvalue weighted by Gasteiger charge is -2.20. The quantitative estimate of drug-likeness (QED) is 0.853. The molecule has 1 aliphatic heterocycles. The van der Waals surface area contributed by atoms with Gasteiger partial charge in [0.2, 0.25) is 0 Å². The average Bonchev–Trinajstić information content (AvgIpc) is 2.78. The van der Waals surface area contributed by atoms with Crippen LogP contribution in [0.4, 0.5) is 0 Å². The van der Waals surface area contributed by atoms with Crippen molar-refractivity contribution >= 4 is 0 Å². The van der Waals surface area contributed by atoms with E-state index < -0.39 is 0 Å². The minimum absolute atomic E-state index is 0.658. The van der Waals surface area contributed by atoms with Crippen LogP contribution in [0.25, 0.3) is 0 Å². The van der Waals surface area contributed by atoms with Gasteiger partial charge in [0, 0.05) is 12.6 Å². The van der Waals surface area contributed by atoms with Gasteiger partial charge in [0.05, 0.1) is 0 Å². The molecule has 0 radical (unpaired) electrons. The molecular weight excluding hydrogens is 262 g/mol. The SMILES string of the molecule is CCC1CCCC(NCc2ccc3c(c2)OCCO3)CC1. The summed E-state index contributed by atoms with van der Waals surface area (Å²) in [5.41, 5.74) is 1.29. The first-order valence-electron chi connectivity index (χ1n) is 8.47. The monoisotopic (exact) mass is 289 g/mol. The molecule has 1 aromatic rings. The first kappa shape index (κ1) is 14.7. The Hall–Kier alpha value is -1.22. The van der Waals surface area contributed by atoms with E-state index in [0.29, 0.717) is 19.3 Å². The van der Waals surface area contributed by atoms with Gasteiger partial charge in [-0.25, -0.2) is 0 Å². The zero-order valence-electron chi connectivity index (χ0n) is 13.1. The second-order valence-corrected chi connectivity index (χ2v) is 6.34. The third kappa shape index (κ3) is 3.91. The fourth-order valence-corrected chi connectivity index (χ4v) is 3.45. The van der Waals surface area contributed by atoms with Crippen molar-refractivity contribution < 1.29 is 9.47 Å². The van der Waals surface area contributed by atoms with Crippen molar-refractivity contribution in [2.45, 2.75) is 58.0 Å². The minimum atomic E-state index is 0.658. The van der Waals surface area contributed by atoms with Crippen molar-refractivity contribution in [1.82, 2.24) is 5.32 Å². The van der Waals surface area contributed by atoms with E-state index in [2.05, 4.69) is 24.4 Å². The topological polar surface area (TPSA) is 30.5 Å². The Kier molecular flexibility index (Phi) is 5.02. The van der Waals surface area contributed by atoms with Crippen molar-refractivity contribution in [2.24, 2.45) is 5.92 Å². The Balaban J connectivity index is 1.53. The summed E-state index contributed by atoms with van der Waals surface area (Å²) in [7, 11) is 0. The van der Waals surface area contributed by atoms with Gasteiger partial charge in [-0.3, -0.25) is 0 Å². The van der Waals surface area contributed by atoms with E-state index in [4.69, 9.17) is 9.47 Å². The van der Waals surface area contributed by atoms with Gasteiger partial charge in [-0.05, 0) is 42.9 Å². The summed E-state index contributed by atoms with van der Waals surface area (Å²) in [4.78, 5) is 0. The molecule has 21 heavy (non-hydrogen) atoms. The molecule has 0 amide bonds. The Labute approximate surface area is 128 Å². The lowest BCUT2D eigenvalue weighted by molar-refractivity contribution is 0.171. The summed E-state index contributed by atoms with van der Waals surface area (Å²) >= 11 is 0. The van der Waals surface area contributed by atoms with Gasteiger partial charge in [-0.1, -0.05) is 32.3 Å². The zero-order valence-corrected chi connectivity index (χ0v) is 13.1. The molecule has 2 unspecified atom stereocenters. The van der Waals surface area contributed by atoms with E-state index in [1.54, 1.807) is 0 Å². The highest BCUT2D eigenvalue weighted by molar-refractivity contribution is 5.43. The smallest absolute Gasteiger partial charge is 0.161 e. The Morgan fingerprint density at radius 3 is 2.76 bits per heavy atom. The van der Waals surface area contributed by atoms with E-state index in [1.807, 2.05) is 6.07 Å². The lowest BCUT2D eigenvalue weighted by Crippen LogP contribution is -2.28. The second kappa shape index (κ2) is 7.17. The molecule has 1 heterocycles. The van der Waals surface area contributed by atoms with Crippen molar-refractivity contribution in [1.29, 1.82) is 0 Å². The molecule has 1 aromatic carbocycles. The van der Waals surface area contributed by atoms with Gasteiger partial charge in [0.15, 0.2) is 11.5 Å². The molecule has 116 valence electrons. The van der Waals surface area contributed by atoms with Crippen LogP contribution in [0.15, 0.2) is 18.2 Å². The van der Waals surface area contributed by atoms with Crippen molar-refractivity contribution in [3.8, 4) is 11.5 Å². The molecule has 3 rings (SSSR count).